The molecule has 21 heavy (non-hydrogen) atoms. The van der Waals surface area contributed by atoms with Crippen molar-refractivity contribution in [1.29, 1.82) is 0 Å². The first-order valence-electron chi connectivity index (χ1n) is 6.16. The Hall–Kier alpha value is -1.72. The second kappa shape index (κ2) is 6.83. The monoisotopic (exact) mass is 368 g/mol. The molecule has 110 valence electrons. The maximum absolute atomic E-state index is 11.8. The highest BCUT2D eigenvalue weighted by molar-refractivity contribution is 9.10. The Morgan fingerprint density at radius 1 is 1.33 bits per heavy atom. The third-order valence-corrected chi connectivity index (χ3v) is 3.89. The van der Waals surface area contributed by atoms with Gasteiger partial charge in [-0.2, -0.15) is 0 Å². The number of anilines is 1. The molecule has 0 fully saturated rings. The first-order valence-corrected chi connectivity index (χ1v) is 7.34. The van der Waals surface area contributed by atoms with E-state index in [1.807, 2.05) is 18.2 Å². The molecule has 1 unspecified atom stereocenters. The first kappa shape index (κ1) is 15.7. The zero-order valence-electron chi connectivity index (χ0n) is 11.3. The van der Waals surface area contributed by atoms with E-state index in [1.54, 1.807) is 31.4 Å². The van der Waals surface area contributed by atoms with E-state index in [4.69, 9.17) is 22.1 Å². The molecule has 2 rings (SSSR count). The van der Waals surface area contributed by atoms with E-state index in [0.717, 1.165) is 0 Å². The number of para-hydroxylation sites is 2. The predicted octanol–water partition coefficient (Wildman–Crippen LogP) is 3.75. The standard InChI is InChI=1S/C15H14BrClN2O2/c1-21-13-5-3-2-4-12(13)19-14(15(18)20)10-7-6-9(17)8-11(10)16/h2-8,14,19H,1H3,(H2,18,20). The van der Waals surface area contributed by atoms with Gasteiger partial charge in [0.25, 0.3) is 0 Å². The van der Waals surface area contributed by atoms with Gasteiger partial charge in [-0.05, 0) is 29.8 Å². The van der Waals surface area contributed by atoms with E-state index in [-0.39, 0.29) is 0 Å². The van der Waals surface area contributed by atoms with Gasteiger partial charge in [0.2, 0.25) is 5.91 Å². The topological polar surface area (TPSA) is 64.3 Å². The molecule has 0 aromatic heterocycles. The van der Waals surface area contributed by atoms with Crippen LogP contribution in [0.4, 0.5) is 5.69 Å². The molecule has 1 amide bonds. The third-order valence-electron chi connectivity index (χ3n) is 2.96. The molecule has 0 bridgehead atoms. The quantitative estimate of drug-likeness (QED) is 0.843. The van der Waals surface area contributed by atoms with Crippen LogP contribution in [0.2, 0.25) is 5.02 Å². The van der Waals surface area contributed by atoms with Gasteiger partial charge in [-0.15, -0.1) is 0 Å². The lowest BCUT2D eigenvalue weighted by Gasteiger charge is -2.20. The molecular formula is C15H14BrClN2O2. The highest BCUT2D eigenvalue weighted by Gasteiger charge is 2.21. The Bertz CT molecular complexity index is 664. The summed E-state index contributed by atoms with van der Waals surface area (Å²) in [6, 6.07) is 11.8. The minimum atomic E-state index is -0.701. The SMILES string of the molecule is COc1ccccc1NC(C(N)=O)c1ccc(Cl)cc1Br. The Morgan fingerprint density at radius 3 is 2.67 bits per heavy atom. The average molecular weight is 370 g/mol. The van der Waals surface area contributed by atoms with Crippen molar-refractivity contribution < 1.29 is 9.53 Å². The lowest BCUT2D eigenvalue weighted by molar-refractivity contribution is -0.118. The number of amides is 1. The van der Waals surface area contributed by atoms with E-state index < -0.39 is 11.9 Å². The van der Waals surface area contributed by atoms with Crippen molar-refractivity contribution in [2.45, 2.75) is 6.04 Å². The van der Waals surface area contributed by atoms with Gasteiger partial charge in [-0.1, -0.05) is 45.7 Å². The highest BCUT2D eigenvalue weighted by atomic mass is 79.9. The van der Waals surface area contributed by atoms with Crippen molar-refractivity contribution in [3.8, 4) is 5.75 Å². The summed E-state index contributed by atoms with van der Waals surface area (Å²) >= 11 is 9.32. The molecule has 0 aliphatic carbocycles. The van der Waals surface area contributed by atoms with Gasteiger partial charge in [0.15, 0.2) is 0 Å². The molecule has 0 radical (unpaired) electrons. The van der Waals surface area contributed by atoms with Crippen LogP contribution in [0.25, 0.3) is 0 Å². The number of methoxy groups -OCH3 is 1. The zero-order valence-corrected chi connectivity index (χ0v) is 13.6. The molecule has 0 saturated heterocycles. The van der Waals surface area contributed by atoms with E-state index in [0.29, 0.717) is 26.5 Å². The first-order chi connectivity index (χ1) is 10.0. The minimum absolute atomic E-state index is 0.496. The van der Waals surface area contributed by atoms with E-state index in [9.17, 15) is 4.79 Å². The summed E-state index contributed by atoms with van der Waals surface area (Å²) in [5.74, 6) is 0.137. The molecule has 6 heteroatoms. The molecule has 2 aromatic rings. The molecule has 0 heterocycles. The van der Waals surface area contributed by atoms with Gasteiger partial charge in [-0.3, -0.25) is 4.79 Å². The minimum Gasteiger partial charge on any atom is -0.495 e. The molecule has 0 aliphatic rings. The van der Waals surface area contributed by atoms with Crippen LogP contribution in [0.1, 0.15) is 11.6 Å². The van der Waals surface area contributed by atoms with Gasteiger partial charge in [0.1, 0.15) is 11.8 Å². The van der Waals surface area contributed by atoms with Crippen LogP contribution in [0.5, 0.6) is 5.75 Å². The van der Waals surface area contributed by atoms with Gasteiger partial charge >= 0.3 is 0 Å². The summed E-state index contributed by atoms with van der Waals surface area (Å²) in [6.45, 7) is 0. The highest BCUT2D eigenvalue weighted by Crippen LogP contribution is 2.32. The van der Waals surface area contributed by atoms with Crippen LogP contribution >= 0.6 is 27.5 Å². The molecule has 1 atom stereocenters. The lowest BCUT2D eigenvalue weighted by atomic mass is 10.1. The molecular weight excluding hydrogens is 356 g/mol. The Labute approximate surface area is 136 Å². The normalized spacial score (nSPS) is 11.8. The van der Waals surface area contributed by atoms with Crippen LogP contribution in [-0.2, 0) is 4.79 Å². The summed E-state index contributed by atoms with van der Waals surface area (Å²) in [5, 5.41) is 3.68. The van der Waals surface area contributed by atoms with Crippen molar-refractivity contribution in [3.05, 3.63) is 57.5 Å². The number of carbonyl (C=O) groups excluding carboxylic acids is 1. The fourth-order valence-electron chi connectivity index (χ4n) is 1.96. The molecule has 3 N–H and O–H groups in total. The van der Waals surface area contributed by atoms with Crippen LogP contribution in [0.3, 0.4) is 0 Å². The smallest absolute Gasteiger partial charge is 0.244 e. The number of hydrogen-bond donors (Lipinski definition) is 2. The summed E-state index contributed by atoms with van der Waals surface area (Å²) in [7, 11) is 1.57. The molecule has 0 saturated carbocycles. The molecule has 0 spiro atoms. The lowest BCUT2D eigenvalue weighted by Crippen LogP contribution is -2.28. The van der Waals surface area contributed by atoms with E-state index in [2.05, 4.69) is 21.2 Å². The Morgan fingerprint density at radius 2 is 2.05 bits per heavy atom. The van der Waals surface area contributed by atoms with E-state index >= 15 is 0 Å². The number of primary amides is 1. The largest absolute Gasteiger partial charge is 0.495 e. The number of hydrogen-bond acceptors (Lipinski definition) is 3. The fourth-order valence-corrected chi connectivity index (χ4v) is 2.87. The van der Waals surface area contributed by atoms with Crippen LogP contribution in [-0.4, -0.2) is 13.0 Å². The number of nitrogens with two attached hydrogens (primary N) is 1. The molecule has 4 nitrogen and oxygen atoms in total. The number of ether oxygens (including phenoxy) is 1. The van der Waals surface area contributed by atoms with Gasteiger partial charge < -0.3 is 15.8 Å². The van der Waals surface area contributed by atoms with Crippen molar-refractivity contribution in [1.82, 2.24) is 0 Å². The Kier molecular flexibility index (Phi) is 5.09. The summed E-state index contributed by atoms with van der Waals surface area (Å²) in [6.07, 6.45) is 0. The third kappa shape index (κ3) is 3.68. The number of halogens is 2. The van der Waals surface area contributed by atoms with E-state index in [1.165, 1.54) is 0 Å². The second-order valence-electron chi connectivity index (χ2n) is 4.35. The number of rotatable bonds is 5. The van der Waals surface area contributed by atoms with Crippen molar-refractivity contribution in [2.75, 3.05) is 12.4 Å². The van der Waals surface area contributed by atoms with Crippen LogP contribution in [0.15, 0.2) is 46.9 Å². The zero-order chi connectivity index (χ0) is 15.4. The summed E-state index contributed by atoms with van der Waals surface area (Å²) in [5.41, 5.74) is 6.91. The predicted molar refractivity (Wildman–Crippen MR) is 87.7 cm³/mol. The van der Waals surface area contributed by atoms with Crippen LogP contribution < -0.4 is 15.8 Å². The van der Waals surface area contributed by atoms with Gasteiger partial charge in [0, 0.05) is 9.50 Å². The number of nitrogens with one attached hydrogen (secondary N) is 1. The average Bonchev–Trinajstić information content (AvgIpc) is 2.45. The molecule has 0 aliphatic heterocycles. The van der Waals surface area contributed by atoms with Gasteiger partial charge in [-0.25, -0.2) is 0 Å². The van der Waals surface area contributed by atoms with Gasteiger partial charge in [0.05, 0.1) is 12.8 Å². The maximum Gasteiger partial charge on any atom is 0.244 e. The molecule has 2 aromatic carbocycles. The fraction of sp³-hybridized carbons (Fsp3) is 0.133. The van der Waals surface area contributed by atoms with Crippen LogP contribution in [0, 0.1) is 0 Å². The second-order valence-corrected chi connectivity index (χ2v) is 5.64. The van der Waals surface area contributed by atoms with Crippen molar-refractivity contribution in [2.24, 2.45) is 5.73 Å². The van der Waals surface area contributed by atoms with Crippen molar-refractivity contribution in [3.63, 3.8) is 0 Å². The number of carbonyl (C=O) groups is 1. The maximum atomic E-state index is 11.8. The number of benzene rings is 2. The van der Waals surface area contributed by atoms with Crippen molar-refractivity contribution >= 4 is 39.1 Å². The summed E-state index contributed by atoms with van der Waals surface area (Å²) in [4.78, 5) is 11.8. The Balaban J connectivity index is 2.38. The summed E-state index contributed by atoms with van der Waals surface area (Å²) < 4.78 is 5.97.